The zero-order valence-corrected chi connectivity index (χ0v) is 11.0. The summed E-state index contributed by atoms with van der Waals surface area (Å²) in [5.41, 5.74) is 0. The maximum Gasteiger partial charge on any atom is 0.0477 e. The predicted molar refractivity (Wildman–Crippen MR) is 66.3 cm³/mol. The number of hydrogen-bond donors (Lipinski definition) is 1. The number of hydrogen-bond acceptors (Lipinski definition) is 3. The molecule has 0 radical (unpaired) electrons. The van der Waals surface area contributed by atoms with E-state index >= 15 is 0 Å². The Labute approximate surface area is 95.2 Å². The molecule has 3 heteroatoms. The van der Waals surface area contributed by atoms with Crippen LogP contribution in [0.2, 0.25) is 0 Å². The molecule has 0 aromatic carbocycles. The molecule has 0 spiro atoms. The van der Waals surface area contributed by atoms with Crippen LogP contribution in [-0.2, 0) is 4.74 Å². The smallest absolute Gasteiger partial charge is 0.0477 e. The van der Waals surface area contributed by atoms with Gasteiger partial charge in [-0.15, -0.1) is 0 Å². The molecule has 1 atom stereocenters. The molecule has 0 amide bonds. The monoisotopic (exact) mass is 216 g/mol. The van der Waals surface area contributed by atoms with Gasteiger partial charge in [-0.3, -0.25) is 0 Å². The molecule has 92 valence electrons. The Morgan fingerprint density at radius 3 is 2.40 bits per heavy atom. The summed E-state index contributed by atoms with van der Waals surface area (Å²) in [5.74, 6) is 0.680. The van der Waals surface area contributed by atoms with E-state index in [2.05, 4.69) is 38.2 Å². The van der Waals surface area contributed by atoms with Crippen LogP contribution in [0.15, 0.2) is 0 Å². The van der Waals surface area contributed by atoms with E-state index in [1.807, 2.05) is 6.92 Å². The Hall–Kier alpha value is -0.120. The van der Waals surface area contributed by atoms with E-state index in [-0.39, 0.29) is 0 Å². The van der Waals surface area contributed by atoms with Crippen LogP contribution in [0.1, 0.15) is 27.2 Å². The maximum absolute atomic E-state index is 5.31. The first-order valence-corrected chi connectivity index (χ1v) is 6.03. The zero-order chi connectivity index (χ0) is 11.7. The molecule has 3 nitrogen and oxygen atoms in total. The van der Waals surface area contributed by atoms with Crippen molar-refractivity contribution >= 4 is 0 Å². The van der Waals surface area contributed by atoms with Crippen molar-refractivity contribution in [1.29, 1.82) is 0 Å². The van der Waals surface area contributed by atoms with Gasteiger partial charge in [0.2, 0.25) is 0 Å². The van der Waals surface area contributed by atoms with E-state index in [4.69, 9.17) is 4.74 Å². The van der Waals surface area contributed by atoms with Gasteiger partial charge in [-0.1, -0.05) is 13.8 Å². The summed E-state index contributed by atoms with van der Waals surface area (Å²) in [4.78, 5) is 2.24. The third-order valence-corrected chi connectivity index (χ3v) is 2.44. The Kier molecular flexibility index (Phi) is 9.06. The number of nitrogens with one attached hydrogen (secondary N) is 1. The quantitative estimate of drug-likeness (QED) is 0.592. The van der Waals surface area contributed by atoms with E-state index in [1.165, 1.54) is 0 Å². The fourth-order valence-corrected chi connectivity index (χ4v) is 1.51. The van der Waals surface area contributed by atoms with Crippen LogP contribution in [0.5, 0.6) is 0 Å². The minimum Gasteiger partial charge on any atom is -0.382 e. The fourth-order valence-electron chi connectivity index (χ4n) is 1.51. The summed E-state index contributed by atoms with van der Waals surface area (Å²) in [6.45, 7) is 10.4. The van der Waals surface area contributed by atoms with Crippen LogP contribution in [-0.4, -0.2) is 51.3 Å². The van der Waals surface area contributed by atoms with Gasteiger partial charge in [0.1, 0.15) is 0 Å². The van der Waals surface area contributed by atoms with Gasteiger partial charge >= 0.3 is 0 Å². The lowest BCUT2D eigenvalue weighted by molar-refractivity contribution is 0.142. The highest BCUT2D eigenvalue weighted by atomic mass is 16.5. The lowest BCUT2D eigenvalue weighted by atomic mass is 10.0. The van der Waals surface area contributed by atoms with E-state index in [0.717, 1.165) is 32.7 Å². The van der Waals surface area contributed by atoms with Gasteiger partial charge in [0.05, 0.1) is 0 Å². The average molecular weight is 216 g/mol. The molecule has 0 aromatic rings. The second kappa shape index (κ2) is 9.13. The molecule has 1 N–H and O–H groups in total. The molecule has 0 fully saturated rings. The van der Waals surface area contributed by atoms with Gasteiger partial charge in [-0.25, -0.2) is 0 Å². The summed E-state index contributed by atoms with van der Waals surface area (Å²) >= 11 is 0. The third-order valence-electron chi connectivity index (χ3n) is 2.44. The molecular formula is C12H28N2O. The minimum atomic E-state index is 0.585. The SMILES string of the molecule is CCOCCCNC(CN(C)C)C(C)C. The van der Waals surface area contributed by atoms with Crippen molar-refractivity contribution in [2.45, 2.75) is 33.2 Å². The van der Waals surface area contributed by atoms with Gasteiger partial charge < -0.3 is 15.0 Å². The number of rotatable bonds is 9. The van der Waals surface area contributed by atoms with Crippen molar-refractivity contribution in [2.24, 2.45) is 5.92 Å². The lowest BCUT2D eigenvalue weighted by Gasteiger charge is -2.25. The highest BCUT2D eigenvalue weighted by Crippen LogP contribution is 2.02. The first kappa shape index (κ1) is 14.9. The van der Waals surface area contributed by atoms with Gasteiger partial charge in [-0.2, -0.15) is 0 Å². The molecular weight excluding hydrogens is 188 g/mol. The Morgan fingerprint density at radius 2 is 1.93 bits per heavy atom. The van der Waals surface area contributed by atoms with Crippen molar-refractivity contribution in [2.75, 3.05) is 40.4 Å². The Morgan fingerprint density at radius 1 is 1.27 bits per heavy atom. The molecule has 15 heavy (non-hydrogen) atoms. The summed E-state index contributed by atoms with van der Waals surface area (Å²) < 4.78 is 5.31. The molecule has 0 aliphatic carbocycles. The van der Waals surface area contributed by atoms with Crippen molar-refractivity contribution in [3.8, 4) is 0 Å². The predicted octanol–water partition coefficient (Wildman–Crippen LogP) is 1.59. The largest absolute Gasteiger partial charge is 0.382 e. The second-order valence-electron chi connectivity index (χ2n) is 4.62. The molecule has 0 bridgehead atoms. The second-order valence-corrected chi connectivity index (χ2v) is 4.62. The average Bonchev–Trinajstić information content (AvgIpc) is 2.15. The van der Waals surface area contributed by atoms with E-state index in [9.17, 15) is 0 Å². The molecule has 0 rings (SSSR count). The normalized spacial score (nSPS) is 13.8. The Balaban J connectivity index is 3.58. The molecule has 0 aromatic heterocycles. The highest BCUT2D eigenvalue weighted by Gasteiger charge is 2.12. The third kappa shape index (κ3) is 8.85. The van der Waals surface area contributed by atoms with Gasteiger partial charge in [0, 0.05) is 25.8 Å². The molecule has 0 aliphatic heterocycles. The summed E-state index contributed by atoms with van der Waals surface area (Å²) in [7, 11) is 4.24. The number of ether oxygens (including phenoxy) is 1. The van der Waals surface area contributed by atoms with E-state index in [0.29, 0.717) is 12.0 Å². The van der Waals surface area contributed by atoms with Crippen molar-refractivity contribution in [3.05, 3.63) is 0 Å². The molecule has 0 saturated heterocycles. The molecule has 1 unspecified atom stereocenters. The van der Waals surface area contributed by atoms with Gasteiger partial charge in [0.25, 0.3) is 0 Å². The van der Waals surface area contributed by atoms with Crippen LogP contribution < -0.4 is 5.32 Å². The minimum absolute atomic E-state index is 0.585. The summed E-state index contributed by atoms with van der Waals surface area (Å²) in [6, 6.07) is 0.585. The van der Waals surface area contributed by atoms with Gasteiger partial charge in [0.15, 0.2) is 0 Å². The van der Waals surface area contributed by atoms with Crippen LogP contribution in [0, 0.1) is 5.92 Å². The van der Waals surface area contributed by atoms with Crippen LogP contribution in [0.4, 0.5) is 0 Å². The number of nitrogens with zero attached hydrogens (tertiary/aromatic N) is 1. The first-order valence-electron chi connectivity index (χ1n) is 6.03. The topological polar surface area (TPSA) is 24.5 Å². The molecule has 0 heterocycles. The van der Waals surface area contributed by atoms with Crippen LogP contribution in [0.3, 0.4) is 0 Å². The first-order chi connectivity index (χ1) is 7.07. The summed E-state index contributed by atoms with van der Waals surface area (Å²) in [5, 5.41) is 3.59. The zero-order valence-electron chi connectivity index (χ0n) is 11.0. The Bertz CT molecular complexity index is 138. The highest BCUT2D eigenvalue weighted by molar-refractivity contribution is 4.72. The number of likely N-dealkylation sites (N-methyl/N-ethyl adjacent to an activating group) is 1. The van der Waals surface area contributed by atoms with Crippen molar-refractivity contribution < 1.29 is 4.74 Å². The lowest BCUT2D eigenvalue weighted by Crippen LogP contribution is -2.42. The van der Waals surface area contributed by atoms with E-state index in [1.54, 1.807) is 0 Å². The standard InChI is InChI=1S/C12H28N2O/c1-6-15-9-7-8-13-12(11(2)3)10-14(4)5/h11-13H,6-10H2,1-5H3. The maximum atomic E-state index is 5.31. The van der Waals surface area contributed by atoms with Crippen molar-refractivity contribution in [3.63, 3.8) is 0 Å². The van der Waals surface area contributed by atoms with E-state index < -0.39 is 0 Å². The van der Waals surface area contributed by atoms with Crippen LogP contribution in [0.25, 0.3) is 0 Å². The molecule has 0 aliphatic rings. The van der Waals surface area contributed by atoms with Crippen molar-refractivity contribution in [1.82, 2.24) is 10.2 Å². The van der Waals surface area contributed by atoms with Gasteiger partial charge in [-0.05, 0) is 39.9 Å². The fraction of sp³-hybridized carbons (Fsp3) is 1.00. The summed E-state index contributed by atoms with van der Waals surface area (Å²) in [6.07, 6.45) is 1.10. The molecule has 0 saturated carbocycles. The van der Waals surface area contributed by atoms with Crippen LogP contribution >= 0.6 is 0 Å².